The number of benzene rings is 1. The van der Waals surface area contributed by atoms with E-state index in [1.54, 1.807) is 29.2 Å². The van der Waals surface area contributed by atoms with Crippen LogP contribution in [0.4, 0.5) is 5.69 Å². The molecule has 2 rings (SSSR count). The highest BCUT2D eigenvalue weighted by molar-refractivity contribution is 7.80. The number of carbonyl (C=O) groups excluding carboxylic acids is 2. The second-order valence-electron chi connectivity index (χ2n) is 4.72. The predicted molar refractivity (Wildman–Crippen MR) is 87.8 cm³/mol. The van der Waals surface area contributed by atoms with Gasteiger partial charge in [-0.2, -0.15) is 0 Å². The Balaban J connectivity index is 2.09. The first-order valence-corrected chi connectivity index (χ1v) is 7.47. The molecule has 0 bridgehead atoms. The van der Waals surface area contributed by atoms with Crippen molar-refractivity contribution in [2.75, 3.05) is 25.5 Å². The number of anilines is 1. The number of hydrogen-bond donors (Lipinski definition) is 2. The van der Waals surface area contributed by atoms with Crippen molar-refractivity contribution in [1.82, 2.24) is 10.2 Å². The van der Waals surface area contributed by atoms with Crippen molar-refractivity contribution in [3.05, 3.63) is 29.3 Å². The number of amides is 1. The van der Waals surface area contributed by atoms with Crippen LogP contribution in [0.25, 0.3) is 0 Å². The Hall–Kier alpha value is -1.86. The topological polar surface area (TPSA) is 70.7 Å². The summed E-state index contributed by atoms with van der Waals surface area (Å²) >= 11 is 11.2. The maximum atomic E-state index is 12.0. The summed E-state index contributed by atoms with van der Waals surface area (Å²) in [6.45, 7) is 0.992. The van der Waals surface area contributed by atoms with Crippen molar-refractivity contribution in [2.24, 2.45) is 0 Å². The number of piperazine rings is 1. The van der Waals surface area contributed by atoms with E-state index in [-0.39, 0.29) is 12.3 Å². The summed E-state index contributed by atoms with van der Waals surface area (Å²) in [5.74, 6) is -0.696. The number of rotatable bonds is 3. The second-order valence-corrected chi connectivity index (χ2v) is 5.54. The number of methoxy groups -OCH3 is 1. The van der Waals surface area contributed by atoms with Gasteiger partial charge in [-0.1, -0.05) is 11.6 Å². The third kappa shape index (κ3) is 4.08. The fourth-order valence-electron chi connectivity index (χ4n) is 2.13. The van der Waals surface area contributed by atoms with Crippen molar-refractivity contribution in [2.45, 2.75) is 12.5 Å². The Morgan fingerprint density at radius 3 is 2.82 bits per heavy atom. The molecule has 1 aliphatic heterocycles. The number of halogens is 1. The summed E-state index contributed by atoms with van der Waals surface area (Å²) in [6.07, 6.45) is -0.0508. The third-order valence-electron chi connectivity index (χ3n) is 3.27. The lowest BCUT2D eigenvalue weighted by molar-refractivity contribution is -0.144. The molecule has 1 aromatic carbocycles. The van der Waals surface area contributed by atoms with Gasteiger partial charge in [0.05, 0.1) is 13.5 Å². The van der Waals surface area contributed by atoms with E-state index in [1.807, 2.05) is 0 Å². The van der Waals surface area contributed by atoms with Gasteiger partial charge < -0.3 is 20.3 Å². The fraction of sp³-hybridized carbons (Fsp3) is 0.357. The van der Waals surface area contributed by atoms with Crippen LogP contribution in [0.3, 0.4) is 0 Å². The van der Waals surface area contributed by atoms with E-state index in [1.165, 1.54) is 7.11 Å². The molecule has 1 fully saturated rings. The minimum Gasteiger partial charge on any atom is -0.469 e. The summed E-state index contributed by atoms with van der Waals surface area (Å²) in [5, 5.41) is 6.77. The molecule has 118 valence electrons. The molecule has 8 heteroatoms. The average molecular weight is 342 g/mol. The second kappa shape index (κ2) is 7.42. The van der Waals surface area contributed by atoms with Crippen LogP contribution in [0.2, 0.25) is 5.02 Å². The lowest BCUT2D eigenvalue weighted by atomic mass is 10.1. The van der Waals surface area contributed by atoms with E-state index in [0.29, 0.717) is 23.2 Å². The third-order valence-corrected chi connectivity index (χ3v) is 3.86. The summed E-state index contributed by atoms with van der Waals surface area (Å²) < 4.78 is 4.64. The Kier molecular flexibility index (Phi) is 5.57. The molecule has 1 amide bonds. The molecule has 0 saturated carbocycles. The van der Waals surface area contributed by atoms with Gasteiger partial charge in [-0.25, -0.2) is 0 Å². The van der Waals surface area contributed by atoms with Crippen LogP contribution in [-0.2, 0) is 14.3 Å². The zero-order chi connectivity index (χ0) is 16.1. The largest absolute Gasteiger partial charge is 0.469 e. The number of nitrogens with one attached hydrogen (secondary N) is 2. The van der Waals surface area contributed by atoms with Gasteiger partial charge in [0, 0.05) is 23.8 Å². The molecule has 2 N–H and O–H groups in total. The van der Waals surface area contributed by atoms with Crippen molar-refractivity contribution in [3.63, 3.8) is 0 Å². The van der Waals surface area contributed by atoms with Crippen LogP contribution in [0, 0.1) is 0 Å². The van der Waals surface area contributed by atoms with Gasteiger partial charge in [0.25, 0.3) is 0 Å². The minimum absolute atomic E-state index is 0.0508. The maximum Gasteiger partial charge on any atom is 0.308 e. The molecule has 0 unspecified atom stereocenters. The van der Waals surface area contributed by atoms with Gasteiger partial charge in [-0.05, 0) is 36.5 Å². The lowest BCUT2D eigenvalue weighted by Gasteiger charge is -2.36. The molecule has 0 spiro atoms. The molecule has 22 heavy (non-hydrogen) atoms. The molecule has 6 nitrogen and oxygen atoms in total. The highest BCUT2D eigenvalue weighted by Gasteiger charge is 2.33. The number of carbonyl (C=O) groups is 2. The van der Waals surface area contributed by atoms with Gasteiger partial charge in [0.2, 0.25) is 5.91 Å². The molecular weight excluding hydrogens is 326 g/mol. The van der Waals surface area contributed by atoms with E-state index in [4.69, 9.17) is 23.8 Å². The van der Waals surface area contributed by atoms with Crippen LogP contribution in [0.5, 0.6) is 0 Å². The zero-order valence-corrected chi connectivity index (χ0v) is 13.5. The van der Waals surface area contributed by atoms with E-state index in [9.17, 15) is 9.59 Å². The quantitative estimate of drug-likeness (QED) is 0.639. The zero-order valence-electron chi connectivity index (χ0n) is 12.0. The molecule has 1 aromatic rings. The van der Waals surface area contributed by atoms with Crippen LogP contribution >= 0.6 is 23.8 Å². The van der Waals surface area contributed by atoms with Crippen molar-refractivity contribution < 1.29 is 14.3 Å². The molecular formula is C14H16ClN3O3S. The molecule has 0 aliphatic carbocycles. The van der Waals surface area contributed by atoms with Crippen LogP contribution < -0.4 is 10.6 Å². The van der Waals surface area contributed by atoms with E-state index in [2.05, 4.69) is 15.4 Å². The Morgan fingerprint density at radius 1 is 1.50 bits per heavy atom. The number of ether oxygens (including phenoxy) is 1. The van der Waals surface area contributed by atoms with Crippen molar-refractivity contribution >= 4 is 46.5 Å². The number of nitrogens with zero attached hydrogens (tertiary/aromatic N) is 1. The smallest absolute Gasteiger partial charge is 0.308 e. The minimum atomic E-state index is -0.673. The first-order valence-electron chi connectivity index (χ1n) is 6.69. The molecule has 0 radical (unpaired) electrons. The van der Waals surface area contributed by atoms with Gasteiger partial charge in [0.1, 0.15) is 6.04 Å². The highest BCUT2D eigenvalue weighted by atomic mass is 35.5. The summed E-state index contributed by atoms with van der Waals surface area (Å²) in [6, 6.07) is 6.37. The van der Waals surface area contributed by atoms with Crippen molar-refractivity contribution in [1.29, 1.82) is 0 Å². The van der Waals surface area contributed by atoms with Crippen LogP contribution in [0.15, 0.2) is 24.3 Å². The number of hydrogen-bond acceptors (Lipinski definition) is 4. The summed E-state index contributed by atoms with van der Waals surface area (Å²) in [7, 11) is 1.29. The lowest BCUT2D eigenvalue weighted by Crippen LogP contribution is -2.58. The average Bonchev–Trinajstić information content (AvgIpc) is 2.51. The van der Waals surface area contributed by atoms with Gasteiger partial charge in [-0.3, -0.25) is 9.59 Å². The normalized spacial score (nSPS) is 17.6. The number of thiocarbonyl (C=S) groups is 1. The summed E-state index contributed by atoms with van der Waals surface area (Å²) in [4.78, 5) is 25.2. The summed E-state index contributed by atoms with van der Waals surface area (Å²) in [5.41, 5.74) is 0.761. The Labute approximate surface area is 138 Å². The van der Waals surface area contributed by atoms with E-state index in [0.717, 1.165) is 5.69 Å². The Morgan fingerprint density at radius 2 is 2.18 bits per heavy atom. The molecule has 1 aliphatic rings. The maximum absolute atomic E-state index is 12.0. The number of esters is 1. The van der Waals surface area contributed by atoms with Gasteiger partial charge in [-0.15, -0.1) is 0 Å². The monoisotopic (exact) mass is 341 g/mol. The van der Waals surface area contributed by atoms with E-state index < -0.39 is 12.0 Å². The van der Waals surface area contributed by atoms with E-state index >= 15 is 0 Å². The standard InChI is InChI=1S/C14H16ClN3O3S/c1-21-12(19)8-11-13(20)16-6-7-18(11)14(22)17-10-4-2-9(15)3-5-10/h2-5,11H,6-8H2,1H3,(H,16,20)(H,17,22)/t11-/m1/s1. The van der Waals surface area contributed by atoms with Crippen LogP contribution in [-0.4, -0.2) is 48.1 Å². The molecule has 1 heterocycles. The van der Waals surface area contributed by atoms with Gasteiger partial charge >= 0.3 is 5.97 Å². The highest BCUT2D eigenvalue weighted by Crippen LogP contribution is 2.16. The van der Waals surface area contributed by atoms with Gasteiger partial charge in [0.15, 0.2) is 5.11 Å². The fourth-order valence-corrected chi connectivity index (χ4v) is 2.59. The van der Waals surface area contributed by atoms with Crippen molar-refractivity contribution in [3.8, 4) is 0 Å². The first kappa shape index (κ1) is 16.5. The van der Waals surface area contributed by atoms with Crippen LogP contribution in [0.1, 0.15) is 6.42 Å². The predicted octanol–water partition coefficient (Wildman–Crippen LogP) is 1.40. The molecule has 1 atom stereocenters. The first-order chi connectivity index (χ1) is 10.5. The molecule has 0 aromatic heterocycles. The SMILES string of the molecule is COC(=O)C[C@@H]1C(=O)NCCN1C(=S)Nc1ccc(Cl)cc1. The molecule has 1 saturated heterocycles. The Bertz CT molecular complexity index is 579.